The first kappa shape index (κ1) is 12.8. The Morgan fingerprint density at radius 1 is 1.13 bits per heavy atom. The topological polar surface area (TPSA) is 0 Å². The number of rotatable bonds is 7. The van der Waals surface area contributed by atoms with Crippen LogP contribution in [-0.4, -0.2) is 0 Å². The summed E-state index contributed by atoms with van der Waals surface area (Å²) in [5.41, 5.74) is 0.389. The van der Waals surface area contributed by atoms with Crippen LogP contribution >= 0.6 is 11.3 Å². The molecule has 1 heterocycles. The Morgan fingerprint density at radius 3 is 2.47 bits per heavy atom. The van der Waals surface area contributed by atoms with E-state index in [1.54, 1.807) is 0 Å². The molecule has 86 valence electrons. The van der Waals surface area contributed by atoms with Crippen molar-refractivity contribution in [1.29, 1.82) is 0 Å². The van der Waals surface area contributed by atoms with E-state index in [4.69, 9.17) is 0 Å². The molecule has 0 N–H and O–H groups in total. The van der Waals surface area contributed by atoms with Crippen LogP contribution in [0.2, 0.25) is 0 Å². The minimum atomic E-state index is 0.389. The van der Waals surface area contributed by atoms with E-state index in [-0.39, 0.29) is 0 Å². The molecular formula is C14H24S. The maximum Gasteiger partial charge on any atom is 0.0101 e. The monoisotopic (exact) mass is 224 g/mol. The largest absolute Gasteiger partial charge is 0.148 e. The van der Waals surface area contributed by atoms with E-state index in [0.29, 0.717) is 5.41 Å². The molecule has 0 aromatic carbocycles. The molecule has 0 atom stereocenters. The summed E-state index contributed by atoms with van der Waals surface area (Å²) in [6.45, 7) is 7.02. The first-order valence-corrected chi connectivity index (χ1v) is 7.09. The van der Waals surface area contributed by atoms with Crippen LogP contribution in [0.4, 0.5) is 0 Å². The van der Waals surface area contributed by atoms with Crippen molar-refractivity contribution in [1.82, 2.24) is 0 Å². The van der Waals surface area contributed by atoms with Crippen LogP contribution in [0, 0.1) is 0 Å². The van der Waals surface area contributed by atoms with Gasteiger partial charge in [0.25, 0.3) is 0 Å². The van der Waals surface area contributed by atoms with Crippen molar-refractivity contribution in [3.05, 3.63) is 22.4 Å². The molecule has 0 saturated heterocycles. The third-order valence-corrected chi connectivity index (χ3v) is 4.33. The summed E-state index contributed by atoms with van der Waals surface area (Å²) in [7, 11) is 0. The van der Waals surface area contributed by atoms with E-state index in [9.17, 15) is 0 Å². The summed E-state index contributed by atoms with van der Waals surface area (Å²) >= 11 is 1.90. The summed E-state index contributed by atoms with van der Waals surface area (Å²) in [6, 6.07) is 4.44. The molecule has 1 heteroatoms. The van der Waals surface area contributed by atoms with Gasteiger partial charge in [-0.25, -0.2) is 0 Å². The first-order valence-electron chi connectivity index (χ1n) is 6.21. The van der Waals surface area contributed by atoms with Gasteiger partial charge in [0.2, 0.25) is 0 Å². The van der Waals surface area contributed by atoms with Gasteiger partial charge in [0, 0.05) is 4.88 Å². The van der Waals surface area contributed by atoms with Gasteiger partial charge in [-0.15, -0.1) is 11.3 Å². The Bertz CT molecular complexity index is 246. The molecule has 0 radical (unpaired) electrons. The molecule has 1 aromatic rings. The van der Waals surface area contributed by atoms with Gasteiger partial charge in [-0.1, -0.05) is 58.9 Å². The molecule has 0 aliphatic rings. The zero-order chi connectivity index (χ0) is 11.1. The molecule has 0 fully saturated rings. The summed E-state index contributed by atoms with van der Waals surface area (Å²) in [4.78, 5) is 1.54. The highest BCUT2D eigenvalue weighted by molar-refractivity contribution is 7.10. The number of thiophene rings is 1. The molecule has 0 saturated carbocycles. The van der Waals surface area contributed by atoms with Gasteiger partial charge in [0.1, 0.15) is 0 Å². The van der Waals surface area contributed by atoms with Crippen LogP contribution < -0.4 is 0 Å². The van der Waals surface area contributed by atoms with E-state index in [0.717, 1.165) is 0 Å². The third-order valence-electron chi connectivity index (χ3n) is 3.09. The Labute approximate surface area is 98.7 Å². The van der Waals surface area contributed by atoms with Crippen LogP contribution in [0.3, 0.4) is 0 Å². The molecule has 0 aliphatic heterocycles. The number of hydrogen-bond donors (Lipinski definition) is 0. The predicted octanol–water partition coefficient (Wildman–Crippen LogP) is 5.39. The Balaban J connectivity index is 2.25. The van der Waals surface area contributed by atoms with Crippen molar-refractivity contribution in [3.63, 3.8) is 0 Å². The van der Waals surface area contributed by atoms with Crippen molar-refractivity contribution in [2.45, 2.75) is 64.7 Å². The third kappa shape index (κ3) is 4.38. The molecule has 0 spiro atoms. The van der Waals surface area contributed by atoms with E-state index in [2.05, 4.69) is 38.3 Å². The second kappa shape index (κ2) is 6.32. The molecule has 0 bridgehead atoms. The highest BCUT2D eigenvalue weighted by Crippen LogP contribution is 2.32. The maximum absolute atomic E-state index is 2.37. The summed E-state index contributed by atoms with van der Waals surface area (Å²) in [6.07, 6.45) is 8.27. The highest BCUT2D eigenvalue weighted by Gasteiger charge is 2.20. The molecule has 0 amide bonds. The van der Waals surface area contributed by atoms with Crippen molar-refractivity contribution < 1.29 is 0 Å². The lowest BCUT2D eigenvalue weighted by atomic mass is 9.85. The summed E-state index contributed by atoms with van der Waals surface area (Å²) in [5.74, 6) is 0. The normalized spacial score (nSPS) is 11.9. The fourth-order valence-electron chi connectivity index (χ4n) is 1.96. The maximum atomic E-state index is 2.37. The fourth-order valence-corrected chi connectivity index (χ4v) is 2.84. The second-order valence-corrected chi connectivity index (χ2v) is 5.97. The smallest absolute Gasteiger partial charge is 0.0101 e. The van der Waals surface area contributed by atoms with Crippen molar-refractivity contribution >= 4 is 11.3 Å². The van der Waals surface area contributed by atoms with Crippen molar-refractivity contribution in [3.8, 4) is 0 Å². The average molecular weight is 224 g/mol. The minimum absolute atomic E-state index is 0.389. The fraction of sp³-hybridized carbons (Fsp3) is 0.714. The predicted molar refractivity (Wildman–Crippen MR) is 70.7 cm³/mol. The molecule has 0 unspecified atom stereocenters. The molecule has 1 aromatic heterocycles. The van der Waals surface area contributed by atoms with Gasteiger partial charge in [-0.05, 0) is 23.3 Å². The van der Waals surface area contributed by atoms with Crippen LogP contribution in [0.25, 0.3) is 0 Å². The SMILES string of the molecule is CCCCCCCC(C)(C)c1cccs1. The number of hydrogen-bond acceptors (Lipinski definition) is 1. The van der Waals surface area contributed by atoms with Crippen LogP contribution in [-0.2, 0) is 5.41 Å². The van der Waals surface area contributed by atoms with E-state index < -0.39 is 0 Å². The highest BCUT2D eigenvalue weighted by atomic mass is 32.1. The molecule has 1 rings (SSSR count). The minimum Gasteiger partial charge on any atom is -0.148 e. The lowest BCUT2D eigenvalue weighted by molar-refractivity contribution is 0.451. The van der Waals surface area contributed by atoms with Crippen molar-refractivity contribution in [2.75, 3.05) is 0 Å². The van der Waals surface area contributed by atoms with Crippen molar-refractivity contribution in [2.24, 2.45) is 0 Å². The molecule has 0 nitrogen and oxygen atoms in total. The Hall–Kier alpha value is -0.300. The lowest BCUT2D eigenvalue weighted by Gasteiger charge is -2.23. The van der Waals surface area contributed by atoms with Gasteiger partial charge in [0.05, 0.1) is 0 Å². The van der Waals surface area contributed by atoms with Gasteiger partial charge >= 0.3 is 0 Å². The van der Waals surface area contributed by atoms with Gasteiger partial charge in [-0.3, -0.25) is 0 Å². The number of unbranched alkanes of at least 4 members (excludes halogenated alkanes) is 4. The van der Waals surface area contributed by atoms with Gasteiger partial charge in [0.15, 0.2) is 0 Å². The first-order chi connectivity index (χ1) is 7.17. The second-order valence-electron chi connectivity index (χ2n) is 5.03. The quantitative estimate of drug-likeness (QED) is 0.545. The summed E-state index contributed by atoms with van der Waals surface area (Å²) < 4.78 is 0. The molecule has 0 aliphatic carbocycles. The molecule has 15 heavy (non-hydrogen) atoms. The van der Waals surface area contributed by atoms with Crippen LogP contribution in [0.15, 0.2) is 17.5 Å². The Morgan fingerprint density at radius 2 is 1.87 bits per heavy atom. The lowest BCUT2D eigenvalue weighted by Crippen LogP contribution is -2.14. The van der Waals surface area contributed by atoms with E-state index in [1.165, 1.54) is 43.4 Å². The molecular weight excluding hydrogens is 200 g/mol. The van der Waals surface area contributed by atoms with E-state index in [1.807, 2.05) is 11.3 Å². The van der Waals surface area contributed by atoms with Gasteiger partial charge < -0.3 is 0 Å². The zero-order valence-electron chi connectivity index (χ0n) is 10.4. The average Bonchev–Trinajstić information content (AvgIpc) is 2.70. The van der Waals surface area contributed by atoms with Gasteiger partial charge in [-0.2, -0.15) is 0 Å². The van der Waals surface area contributed by atoms with Crippen LogP contribution in [0.1, 0.15) is 64.2 Å². The summed E-state index contributed by atoms with van der Waals surface area (Å²) in [5, 5.41) is 2.19. The standard InChI is InChI=1S/C14H24S/c1-4-5-6-7-8-11-14(2,3)13-10-9-12-15-13/h9-10,12H,4-8,11H2,1-3H3. The Kier molecular flexibility index (Phi) is 5.38. The van der Waals surface area contributed by atoms with Crippen LogP contribution in [0.5, 0.6) is 0 Å². The van der Waals surface area contributed by atoms with E-state index >= 15 is 0 Å². The zero-order valence-corrected chi connectivity index (χ0v) is 11.2.